The number of rotatable bonds is 6. The Balaban J connectivity index is 0.00000450. The molecule has 0 radical (unpaired) electrons. The highest BCUT2D eigenvalue weighted by Crippen LogP contribution is 2.30. The second-order valence-corrected chi connectivity index (χ2v) is 8.50. The van der Waals surface area contributed by atoms with Crippen LogP contribution < -0.4 is 15.4 Å². The van der Waals surface area contributed by atoms with Gasteiger partial charge in [0.15, 0.2) is 17.5 Å². The maximum atomic E-state index is 13.7. The van der Waals surface area contributed by atoms with E-state index >= 15 is 0 Å². The van der Waals surface area contributed by atoms with Crippen LogP contribution in [0, 0.1) is 11.7 Å². The van der Waals surface area contributed by atoms with Gasteiger partial charge in [-0.25, -0.2) is 12.8 Å². The van der Waals surface area contributed by atoms with E-state index in [-0.39, 0.29) is 48.7 Å². The summed E-state index contributed by atoms with van der Waals surface area (Å²) in [7, 11) is -2.33. The van der Waals surface area contributed by atoms with Crippen LogP contribution in [0.4, 0.5) is 17.6 Å². The average Bonchev–Trinajstić information content (AvgIpc) is 2.67. The number of hydrogen-bond donors (Lipinski definition) is 2. The molecule has 1 fully saturated rings. The van der Waals surface area contributed by atoms with Crippen LogP contribution in [0.15, 0.2) is 23.2 Å². The minimum Gasteiger partial charge on any atom is -0.494 e. The van der Waals surface area contributed by atoms with Gasteiger partial charge in [0.25, 0.3) is 0 Å². The van der Waals surface area contributed by atoms with E-state index in [9.17, 15) is 26.0 Å². The highest BCUT2D eigenvalue weighted by atomic mass is 127. The van der Waals surface area contributed by atoms with Crippen molar-refractivity contribution in [1.82, 2.24) is 14.9 Å². The Bertz CT molecular complexity index is 829. The Morgan fingerprint density at radius 3 is 2.40 bits per heavy atom. The van der Waals surface area contributed by atoms with E-state index in [0.29, 0.717) is 41.8 Å². The second-order valence-electron chi connectivity index (χ2n) is 6.57. The summed E-state index contributed by atoms with van der Waals surface area (Å²) in [5, 5.41) is 6.08. The Labute approximate surface area is 190 Å². The Kier molecular flexibility index (Phi) is 10.1. The standard InChI is InChI=1S/C17H24F4N4O3S.HI/c1-22-16(24-11-13-3-4-15(28-2)14(18)9-13)23-10-12-5-7-25(8-6-12)29(26,27)17(19,20)21;/h3-4,9,12H,5-8,10-11H2,1-2H3,(H2,22,23,24);1H. The number of nitrogens with zero attached hydrogens (tertiary/aromatic N) is 2. The number of hydrogen-bond acceptors (Lipinski definition) is 4. The van der Waals surface area contributed by atoms with Crippen molar-refractivity contribution in [2.75, 3.05) is 33.8 Å². The van der Waals surface area contributed by atoms with Crippen LogP contribution in [0.3, 0.4) is 0 Å². The van der Waals surface area contributed by atoms with Gasteiger partial charge >= 0.3 is 15.5 Å². The van der Waals surface area contributed by atoms with Crippen molar-refractivity contribution < 1.29 is 30.7 Å². The van der Waals surface area contributed by atoms with Gasteiger partial charge in [-0.3, -0.25) is 4.99 Å². The number of ether oxygens (including phenoxy) is 1. The van der Waals surface area contributed by atoms with E-state index in [2.05, 4.69) is 15.6 Å². The monoisotopic (exact) mass is 568 g/mol. The van der Waals surface area contributed by atoms with Gasteiger partial charge in [0, 0.05) is 33.2 Å². The molecule has 7 nitrogen and oxygen atoms in total. The first-order valence-electron chi connectivity index (χ1n) is 8.92. The molecule has 0 aliphatic carbocycles. The van der Waals surface area contributed by atoms with Crippen molar-refractivity contribution in [2.24, 2.45) is 10.9 Å². The third kappa shape index (κ3) is 6.83. The van der Waals surface area contributed by atoms with Crippen LogP contribution in [-0.2, 0) is 16.6 Å². The van der Waals surface area contributed by atoms with Crippen LogP contribution in [0.2, 0.25) is 0 Å². The van der Waals surface area contributed by atoms with Crippen LogP contribution in [0.5, 0.6) is 5.75 Å². The molecule has 0 amide bonds. The molecule has 0 saturated carbocycles. The van der Waals surface area contributed by atoms with Crippen molar-refractivity contribution in [3.63, 3.8) is 0 Å². The van der Waals surface area contributed by atoms with E-state index < -0.39 is 21.3 Å². The summed E-state index contributed by atoms with van der Waals surface area (Å²) in [6.07, 6.45) is 0.617. The van der Waals surface area contributed by atoms with Gasteiger partial charge in [0.1, 0.15) is 0 Å². The molecule has 1 aliphatic heterocycles. The minimum absolute atomic E-state index is 0. The number of methoxy groups -OCH3 is 1. The topological polar surface area (TPSA) is 83.0 Å². The lowest BCUT2D eigenvalue weighted by atomic mass is 9.98. The van der Waals surface area contributed by atoms with Crippen LogP contribution in [0.25, 0.3) is 0 Å². The van der Waals surface area contributed by atoms with Gasteiger partial charge in [0.2, 0.25) is 0 Å². The molecule has 1 heterocycles. The molecule has 0 spiro atoms. The smallest absolute Gasteiger partial charge is 0.494 e. The highest BCUT2D eigenvalue weighted by molar-refractivity contribution is 14.0. The molecule has 30 heavy (non-hydrogen) atoms. The number of halogens is 5. The quantitative estimate of drug-likeness (QED) is 0.239. The largest absolute Gasteiger partial charge is 0.511 e. The van der Waals surface area contributed by atoms with Crippen molar-refractivity contribution in [3.05, 3.63) is 29.6 Å². The molecule has 1 aliphatic rings. The molecular weight excluding hydrogens is 543 g/mol. The first-order valence-corrected chi connectivity index (χ1v) is 10.4. The Morgan fingerprint density at radius 1 is 1.27 bits per heavy atom. The van der Waals surface area contributed by atoms with Crippen molar-refractivity contribution in [2.45, 2.75) is 24.9 Å². The van der Waals surface area contributed by atoms with E-state index in [1.807, 2.05) is 0 Å². The van der Waals surface area contributed by atoms with Gasteiger partial charge in [-0.2, -0.15) is 17.5 Å². The summed E-state index contributed by atoms with van der Waals surface area (Å²) in [5.41, 5.74) is -4.60. The molecule has 0 aromatic heterocycles. The van der Waals surface area contributed by atoms with Crippen molar-refractivity contribution >= 4 is 40.0 Å². The minimum atomic E-state index is -5.27. The number of benzene rings is 1. The second kappa shape index (κ2) is 11.3. The number of piperidine rings is 1. The molecule has 0 unspecified atom stereocenters. The first kappa shape index (κ1) is 26.7. The van der Waals surface area contributed by atoms with E-state index in [4.69, 9.17) is 4.74 Å². The van der Waals surface area contributed by atoms with Gasteiger partial charge < -0.3 is 15.4 Å². The zero-order valence-electron chi connectivity index (χ0n) is 16.5. The number of aliphatic imine (C=N–C) groups is 1. The van der Waals surface area contributed by atoms with Crippen LogP contribution in [0.1, 0.15) is 18.4 Å². The molecule has 1 aromatic carbocycles. The molecule has 2 rings (SSSR count). The predicted molar refractivity (Wildman–Crippen MR) is 116 cm³/mol. The average molecular weight is 568 g/mol. The summed E-state index contributed by atoms with van der Waals surface area (Å²) >= 11 is 0. The molecule has 172 valence electrons. The lowest BCUT2D eigenvalue weighted by Gasteiger charge is -2.31. The fourth-order valence-corrected chi connectivity index (χ4v) is 3.95. The van der Waals surface area contributed by atoms with Crippen LogP contribution in [-0.4, -0.2) is 58.0 Å². The lowest BCUT2D eigenvalue weighted by Crippen LogP contribution is -2.47. The SMILES string of the molecule is CN=C(NCc1ccc(OC)c(F)c1)NCC1CCN(S(=O)(=O)C(F)(F)F)CC1.I. The molecule has 0 atom stereocenters. The summed E-state index contributed by atoms with van der Waals surface area (Å²) in [6, 6.07) is 4.57. The van der Waals surface area contributed by atoms with E-state index in [1.54, 1.807) is 13.1 Å². The molecule has 1 aromatic rings. The summed E-state index contributed by atoms with van der Waals surface area (Å²) in [4.78, 5) is 4.05. The lowest BCUT2D eigenvalue weighted by molar-refractivity contribution is -0.0496. The molecule has 13 heteroatoms. The van der Waals surface area contributed by atoms with Gasteiger partial charge in [0.05, 0.1) is 7.11 Å². The summed E-state index contributed by atoms with van der Waals surface area (Å²) in [6.45, 7) is 0.385. The first-order chi connectivity index (χ1) is 13.6. The third-order valence-electron chi connectivity index (χ3n) is 4.66. The maximum Gasteiger partial charge on any atom is 0.511 e. The zero-order valence-corrected chi connectivity index (χ0v) is 19.6. The fraction of sp³-hybridized carbons (Fsp3) is 0.588. The fourth-order valence-electron chi connectivity index (χ4n) is 2.97. The van der Waals surface area contributed by atoms with E-state index in [0.717, 1.165) is 0 Å². The molecule has 2 N–H and O–H groups in total. The van der Waals surface area contributed by atoms with Crippen molar-refractivity contribution in [3.8, 4) is 5.75 Å². The Hall–Kier alpha value is -1.35. The van der Waals surface area contributed by atoms with Gasteiger partial charge in [-0.05, 0) is 36.5 Å². The number of guanidine groups is 1. The molecule has 0 bridgehead atoms. The number of nitrogens with one attached hydrogen (secondary N) is 2. The summed E-state index contributed by atoms with van der Waals surface area (Å²) < 4.78 is 79.8. The molecule has 1 saturated heterocycles. The van der Waals surface area contributed by atoms with Gasteiger partial charge in [-0.1, -0.05) is 6.07 Å². The van der Waals surface area contributed by atoms with E-state index in [1.165, 1.54) is 19.2 Å². The number of sulfonamides is 1. The predicted octanol–water partition coefficient (Wildman–Crippen LogP) is 2.68. The zero-order chi connectivity index (χ0) is 21.7. The highest BCUT2D eigenvalue weighted by Gasteiger charge is 2.50. The number of alkyl halides is 3. The summed E-state index contributed by atoms with van der Waals surface area (Å²) in [5.74, 6) is 0.128. The third-order valence-corrected chi connectivity index (χ3v) is 6.29. The van der Waals surface area contributed by atoms with Gasteiger partial charge in [-0.15, -0.1) is 24.0 Å². The molecular formula is C17H25F4IN4O3S. The maximum absolute atomic E-state index is 13.7. The van der Waals surface area contributed by atoms with Crippen molar-refractivity contribution in [1.29, 1.82) is 0 Å². The Morgan fingerprint density at radius 2 is 1.90 bits per heavy atom. The normalized spacial score (nSPS) is 16.7. The van der Waals surface area contributed by atoms with Crippen LogP contribution >= 0.6 is 24.0 Å².